The second kappa shape index (κ2) is 3.37. The second-order valence-corrected chi connectivity index (χ2v) is 3.61. The highest BCUT2D eigenvalue weighted by atomic mass is 19.2. The van der Waals surface area contributed by atoms with Crippen molar-refractivity contribution in [1.82, 2.24) is 4.98 Å². The van der Waals surface area contributed by atoms with E-state index in [1.807, 2.05) is 0 Å². The van der Waals surface area contributed by atoms with Crippen molar-refractivity contribution in [3.8, 4) is 0 Å². The lowest BCUT2D eigenvalue weighted by molar-refractivity contribution is 0.452. The molecule has 2 rings (SSSR count). The quantitative estimate of drug-likeness (QED) is 0.689. The van der Waals surface area contributed by atoms with Crippen LogP contribution in [0.25, 0.3) is 10.9 Å². The highest BCUT2D eigenvalue weighted by molar-refractivity contribution is 5.80. The summed E-state index contributed by atoms with van der Waals surface area (Å²) in [6.07, 6.45) is 0. The molecule has 0 radical (unpaired) electrons. The first-order chi connectivity index (χ1) is 7.43. The van der Waals surface area contributed by atoms with Gasteiger partial charge in [-0.1, -0.05) is 0 Å². The standard InChI is InChI=1S/C11H8F3NO/c1-4-5(2)15-10-6(11(4)16)3-7(12)8(13)9(10)14/h3H,1-2H3,(H,15,16). The van der Waals surface area contributed by atoms with Gasteiger partial charge in [-0.3, -0.25) is 4.79 Å². The van der Waals surface area contributed by atoms with Gasteiger partial charge in [0, 0.05) is 11.3 Å². The Morgan fingerprint density at radius 3 is 2.38 bits per heavy atom. The van der Waals surface area contributed by atoms with Crippen LogP contribution in [0.1, 0.15) is 11.3 Å². The number of halogens is 3. The Hall–Kier alpha value is -1.78. The third-order valence-corrected chi connectivity index (χ3v) is 2.62. The summed E-state index contributed by atoms with van der Waals surface area (Å²) in [4.78, 5) is 14.2. The Morgan fingerprint density at radius 2 is 1.75 bits per heavy atom. The van der Waals surface area contributed by atoms with E-state index in [0.29, 0.717) is 17.3 Å². The number of aryl methyl sites for hydroxylation is 1. The Morgan fingerprint density at radius 1 is 1.12 bits per heavy atom. The fourth-order valence-corrected chi connectivity index (χ4v) is 1.55. The SMILES string of the molecule is Cc1[nH]c2c(F)c(F)c(F)cc2c(=O)c1C. The normalized spacial score (nSPS) is 11.1. The largest absolute Gasteiger partial charge is 0.356 e. The molecule has 0 aliphatic carbocycles. The zero-order valence-corrected chi connectivity index (χ0v) is 8.62. The molecule has 0 spiro atoms. The number of aromatic nitrogens is 1. The molecule has 1 heterocycles. The van der Waals surface area contributed by atoms with Crippen LogP contribution in [0.5, 0.6) is 0 Å². The summed E-state index contributed by atoms with van der Waals surface area (Å²) < 4.78 is 39.3. The number of fused-ring (bicyclic) bond motifs is 1. The number of H-pyrrole nitrogens is 1. The summed E-state index contributed by atoms with van der Waals surface area (Å²) in [6, 6.07) is 0.707. The Balaban J connectivity index is 3.09. The average Bonchev–Trinajstić information content (AvgIpc) is 2.25. The number of hydrogen-bond acceptors (Lipinski definition) is 1. The van der Waals surface area contributed by atoms with Crippen molar-refractivity contribution >= 4 is 10.9 Å². The Labute approximate surface area is 88.7 Å². The Kier molecular flexibility index (Phi) is 2.26. The number of rotatable bonds is 0. The van der Waals surface area contributed by atoms with Gasteiger partial charge in [-0.2, -0.15) is 0 Å². The zero-order valence-electron chi connectivity index (χ0n) is 8.62. The van der Waals surface area contributed by atoms with Gasteiger partial charge >= 0.3 is 0 Å². The van der Waals surface area contributed by atoms with Gasteiger partial charge < -0.3 is 4.98 Å². The number of benzene rings is 1. The summed E-state index contributed by atoms with van der Waals surface area (Å²) in [6.45, 7) is 3.10. The predicted octanol–water partition coefficient (Wildman–Crippen LogP) is 2.56. The molecule has 1 aromatic carbocycles. The van der Waals surface area contributed by atoms with Gasteiger partial charge in [0.05, 0.1) is 10.9 Å². The molecule has 0 fully saturated rings. The monoisotopic (exact) mass is 227 g/mol. The van der Waals surface area contributed by atoms with E-state index in [1.54, 1.807) is 6.92 Å². The van der Waals surface area contributed by atoms with Crippen LogP contribution in [0.3, 0.4) is 0 Å². The minimum absolute atomic E-state index is 0.181. The lowest BCUT2D eigenvalue weighted by Gasteiger charge is -2.06. The van der Waals surface area contributed by atoms with E-state index in [2.05, 4.69) is 4.98 Å². The molecule has 2 nitrogen and oxygen atoms in total. The van der Waals surface area contributed by atoms with Crippen molar-refractivity contribution in [2.24, 2.45) is 0 Å². The van der Waals surface area contributed by atoms with Gasteiger partial charge in [0.25, 0.3) is 0 Å². The van der Waals surface area contributed by atoms with Crippen molar-refractivity contribution < 1.29 is 13.2 Å². The molecule has 0 saturated heterocycles. The summed E-state index contributed by atoms with van der Waals surface area (Å²) in [7, 11) is 0. The van der Waals surface area contributed by atoms with Crippen molar-refractivity contribution in [3.05, 3.63) is 45.0 Å². The highest BCUT2D eigenvalue weighted by Gasteiger charge is 2.17. The van der Waals surface area contributed by atoms with E-state index in [0.717, 1.165) is 0 Å². The van der Waals surface area contributed by atoms with E-state index >= 15 is 0 Å². The molecule has 5 heteroatoms. The molecule has 16 heavy (non-hydrogen) atoms. The van der Waals surface area contributed by atoms with Crippen LogP contribution in [0.15, 0.2) is 10.9 Å². The van der Waals surface area contributed by atoms with E-state index in [9.17, 15) is 18.0 Å². The molecule has 0 bridgehead atoms. The number of pyridine rings is 1. The molecule has 0 aliphatic heterocycles. The molecule has 0 atom stereocenters. The van der Waals surface area contributed by atoms with Crippen LogP contribution in [0.4, 0.5) is 13.2 Å². The molecule has 84 valence electrons. The van der Waals surface area contributed by atoms with Crippen LogP contribution in [0.2, 0.25) is 0 Å². The molecule has 0 saturated carbocycles. The summed E-state index contributed by atoms with van der Waals surface area (Å²) in [5.74, 6) is -4.31. The summed E-state index contributed by atoms with van der Waals surface area (Å²) in [5, 5.41) is -0.181. The molecular weight excluding hydrogens is 219 g/mol. The molecular formula is C11H8F3NO. The maximum atomic E-state index is 13.4. The van der Waals surface area contributed by atoms with Gasteiger partial charge in [-0.15, -0.1) is 0 Å². The van der Waals surface area contributed by atoms with Crippen molar-refractivity contribution in [2.75, 3.05) is 0 Å². The molecule has 0 aliphatic rings. The Bertz CT molecular complexity index is 646. The van der Waals surface area contributed by atoms with Gasteiger partial charge in [-0.05, 0) is 19.9 Å². The third kappa shape index (κ3) is 1.31. The molecule has 0 unspecified atom stereocenters. The van der Waals surface area contributed by atoms with Crippen LogP contribution >= 0.6 is 0 Å². The summed E-state index contributed by atoms with van der Waals surface area (Å²) >= 11 is 0. The van der Waals surface area contributed by atoms with E-state index in [4.69, 9.17) is 0 Å². The number of aromatic amines is 1. The topological polar surface area (TPSA) is 32.9 Å². The van der Waals surface area contributed by atoms with Gasteiger partial charge in [-0.25, -0.2) is 13.2 Å². The fraction of sp³-hybridized carbons (Fsp3) is 0.182. The summed E-state index contributed by atoms with van der Waals surface area (Å²) in [5.41, 5.74) is -0.00336. The average molecular weight is 227 g/mol. The van der Waals surface area contributed by atoms with Gasteiger partial charge in [0.2, 0.25) is 0 Å². The molecule has 1 aromatic heterocycles. The lowest BCUT2D eigenvalue weighted by atomic mass is 10.1. The second-order valence-electron chi connectivity index (χ2n) is 3.61. The van der Waals surface area contributed by atoms with Crippen LogP contribution in [0, 0.1) is 31.3 Å². The first-order valence-corrected chi connectivity index (χ1v) is 4.60. The number of nitrogens with one attached hydrogen (secondary N) is 1. The van der Waals surface area contributed by atoms with Crippen molar-refractivity contribution in [2.45, 2.75) is 13.8 Å². The van der Waals surface area contributed by atoms with Crippen molar-refractivity contribution in [3.63, 3.8) is 0 Å². The van der Waals surface area contributed by atoms with Crippen molar-refractivity contribution in [1.29, 1.82) is 0 Å². The lowest BCUT2D eigenvalue weighted by Crippen LogP contribution is -2.12. The van der Waals surface area contributed by atoms with Gasteiger partial charge in [0.15, 0.2) is 22.9 Å². The van der Waals surface area contributed by atoms with E-state index < -0.39 is 22.9 Å². The predicted molar refractivity (Wildman–Crippen MR) is 53.9 cm³/mol. The maximum Gasteiger partial charge on any atom is 0.196 e. The fourth-order valence-electron chi connectivity index (χ4n) is 1.55. The molecule has 0 amide bonds. The highest BCUT2D eigenvalue weighted by Crippen LogP contribution is 2.20. The van der Waals surface area contributed by atoms with Crippen LogP contribution < -0.4 is 5.43 Å². The first kappa shape index (κ1) is 10.7. The van der Waals surface area contributed by atoms with E-state index in [1.165, 1.54) is 6.92 Å². The minimum Gasteiger partial charge on any atom is -0.356 e. The molecule has 2 aromatic rings. The van der Waals surface area contributed by atoms with Crippen LogP contribution in [-0.4, -0.2) is 4.98 Å². The van der Waals surface area contributed by atoms with Gasteiger partial charge in [0.1, 0.15) is 0 Å². The van der Waals surface area contributed by atoms with Crippen LogP contribution in [-0.2, 0) is 0 Å². The number of hydrogen-bond donors (Lipinski definition) is 1. The van der Waals surface area contributed by atoms with E-state index in [-0.39, 0.29) is 10.9 Å². The third-order valence-electron chi connectivity index (χ3n) is 2.62. The smallest absolute Gasteiger partial charge is 0.196 e. The first-order valence-electron chi connectivity index (χ1n) is 4.60. The molecule has 1 N–H and O–H groups in total. The minimum atomic E-state index is -1.58. The zero-order chi connectivity index (χ0) is 12.0. The maximum absolute atomic E-state index is 13.4.